The molecule has 31 heavy (non-hydrogen) atoms. The molecule has 2 aromatic carbocycles. The zero-order chi connectivity index (χ0) is 23.0. The van der Waals surface area contributed by atoms with E-state index in [4.69, 9.17) is 23.2 Å². The molecule has 0 aromatic heterocycles. The van der Waals surface area contributed by atoms with Crippen LogP contribution in [0.3, 0.4) is 0 Å². The number of carbonyl (C=O) groups excluding carboxylic acids is 4. The Morgan fingerprint density at radius 3 is 1.61 bits per heavy atom. The highest BCUT2D eigenvalue weighted by Gasteiger charge is 2.31. The summed E-state index contributed by atoms with van der Waals surface area (Å²) in [5.74, 6) is -1.97. The molecule has 0 amide bonds. The molecule has 158 valence electrons. The first-order valence-electron chi connectivity index (χ1n) is 8.82. The highest BCUT2D eigenvalue weighted by molar-refractivity contribution is 6.38. The molecule has 0 spiro atoms. The summed E-state index contributed by atoms with van der Waals surface area (Å²) >= 11 is 11.7. The molecular weight excluding hydrogens is 445 g/mol. The third kappa shape index (κ3) is 3.97. The van der Waals surface area contributed by atoms with Crippen molar-refractivity contribution in [2.45, 2.75) is 0 Å². The summed E-state index contributed by atoms with van der Waals surface area (Å²) in [5.41, 5.74) is 0.384. The van der Waals surface area contributed by atoms with Crippen LogP contribution in [-0.2, 0) is 0 Å². The minimum atomic E-state index is -0.414. The SMILES string of the molecule is CN(C)C1=CC(=O)c2c(O)ccc(Cl)c2C1=O.O=C1C=CC(=O)c2c(Cl)ccc(O)c21. The van der Waals surface area contributed by atoms with Crippen molar-refractivity contribution in [2.24, 2.45) is 0 Å². The summed E-state index contributed by atoms with van der Waals surface area (Å²) in [6.45, 7) is 0. The molecule has 4 rings (SSSR count). The van der Waals surface area contributed by atoms with Crippen molar-refractivity contribution in [3.8, 4) is 11.5 Å². The number of Topliss-reactive ketones (excluding diaryl/α,β-unsaturated/α-hetero) is 1. The van der Waals surface area contributed by atoms with Crippen LogP contribution in [0.2, 0.25) is 10.0 Å². The number of allylic oxidation sites excluding steroid dienone is 4. The minimum Gasteiger partial charge on any atom is -0.507 e. The Labute approximate surface area is 186 Å². The number of halogens is 2. The van der Waals surface area contributed by atoms with E-state index in [1.165, 1.54) is 30.3 Å². The first-order valence-corrected chi connectivity index (χ1v) is 9.58. The maximum Gasteiger partial charge on any atom is 0.211 e. The second-order valence-electron chi connectivity index (χ2n) is 6.81. The lowest BCUT2D eigenvalue weighted by atomic mass is 9.91. The molecule has 2 aliphatic rings. The van der Waals surface area contributed by atoms with E-state index in [9.17, 15) is 29.4 Å². The lowest BCUT2D eigenvalue weighted by molar-refractivity contribution is 0.0960. The van der Waals surface area contributed by atoms with Gasteiger partial charge in [0, 0.05) is 20.2 Å². The van der Waals surface area contributed by atoms with Crippen LogP contribution in [0.25, 0.3) is 0 Å². The van der Waals surface area contributed by atoms with Crippen LogP contribution >= 0.6 is 23.2 Å². The maximum absolute atomic E-state index is 12.1. The fourth-order valence-electron chi connectivity index (χ4n) is 3.13. The molecule has 0 aliphatic heterocycles. The summed E-state index contributed by atoms with van der Waals surface area (Å²) in [6, 6.07) is 5.39. The minimum absolute atomic E-state index is 0.00926. The van der Waals surface area contributed by atoms with Crippen molar-refractivity contribution in [1.82, 2.24) is 4.90 Å². The van der Waals surface area contributed by atoms with Gasteiger partial charge >= 0.3 is 0 Å². The Bertz CT molecular complexity index is 1180. The summed E-state index contributed by atoms with van der Waals surface area (Å²) in [7, 11) is 3.33. The van der Waals surface area contributed by atoms with Gasteiger partial charge in [0.2, 0.25) is 5.78 Å². The molecule has 0 radical (unpaired) electrons. The lowest BCUT2D eigenvalue weighted by Gasteiger charge is -2.21. The molecule has 0 unspecified atom stereocenters. The fraction of sp³-hybridized carbons (Fsp3) is 0.0909. The van der Waals surface area contributed by atoms with Crippen molar-refractivity contribution in [3.05, 3.63) is 80.5 Å². The Balaban J connectivity index is 0.000000179. The van der Waals surface area contributed by atoms with Gasteiger partial charge in [0.25, 0.3) is 0 Å². The molecule has 2 N–H and O–H groups in total. The van der Waals surface area contributed by atoms with Crippen molar-refractivity contribution >= 4 is 46.3 Å². The van der Waals surface area contributed by atoms with E-state index in [1.54, 1.807) is 19.0 Å². The molecule has 0 bridgehead atoms. The fourth-order valence-corrected chi connectivity index (χ4v) is 3.63. The average molecular weight is 460 g/mol. The van der Waals surface area contributed by atoms with E-state index in [0.717, 1.165) is 12.2 Å². The van der Waals surface area contributed by atoms with Gasteiger partial charge in [0.05, 0.1) is 38.0 Å². The van der Waals surface area contributed by atoms with E-state index in [2.05, 4.69) is 0 Å². The van der Waals surface area contributed by atoms with Crippen LogP contribution < -0.4 is 0 Å². The van der Waals surface area contributed by atoms with Crippen LogP contribution in [0.1, 0.15) is 41.4 Å². The number of aromatic hydroxyl groups is 2. The summed E-state index contributed by atoms with van der Waals surface area (Å²) in [4.78, 5) is 48.2. The number of benzene rings is 2. The Kier molecular flexibility index (Phi) is 6.01. The van der Waals surface area contributed by atoms with E-state index in [-0.39, 0.29) is 61.1 Å². The van der Waals surface area contributed by atoms with E-state index in [1.807, 2.05) is 0 Å². The maximum atomic E-state index is 12.1. The van der Waals surface area contributed by atoms with Gasteiger partial charge in [-0.25, -0.2) is 0 Å². The summed E-state index contributed by atoms with van der Waals surface area (Å²) in [5, 5.41) is 19.4. The van der Waals surface area contributed by atoms with Crippen molar-refractivity contribution in [1.29, 1.82) is 0 Å². The zero-order valence-electron chi connectivity index (χ0n) is 16.3. The zero-order valence-corrected chi connectivity index (χ0v) is 17.8. The van der Waals surface area contributed by atoms with Gasteiger partial charge in [0.1, 0.15) is 11.5 Å². The summed E-state index contributed by atoms with van der Waals surface area (Å²) in [6.07, 6.45) is 3.48. The quantitative estimate of drug-likeness (QED) is 0.665. The highest BCUT2D eigenvalue weighted by Crippen LogP contribution is 2.34. The van der Waals surface area contributed by atoms with Gasteiger partial charge in [-0.15, -0.1) is 0 Å². The van der Waals surface area contributed by atoms with Gasteiger partial charge in [-0.2, -0.15) is 0 Å². The molecule has 2 aliphatic carbocycles. The number of nitrogens with zero attached hydrogens (tertiary/aromatic N) is 1. The number of phenolic OH excluding ortho intramolecular Hbond substituents is 2. The number of ketones is 4. The van der Waals surface area contributed by atoms with Gasteiger partial charge in [0.15, 0.2) is 17.3 Å². The van der Waals surface area contributed by atoms with E-state index >= 15 is 0 Å². The van der Waals surface area contributed by atoms with Crippen LogP contribution in [-0.4, -0.2) is 52.3 Å². The Morgan fingerprint density at radius 2 is 1.13 bits per heavy atom. The number of rotatable bonds is 1. The molecule has 0 saturated carbocycles. The van der Waals surface area contributed by atoms with Gasteiger partial charge < -0.3 is 15.1 Å². The third-order valence-corrected chi connectivity index (χ3v) is 5.23. The first kappa shape index (κ1) is 22.3. The normalized spacial score (nSPS) is 14.4. The Hall–Kier alpha value is -3.42. The first-order chi connectivity index (χ1) is 14.5. The monoisotopic (exact) mass is 459 g/mol. The van der Waals surface area contributed by atoms with Crippen LogP contribution in [0.15, 0.2) is 48.2 Å². The number of fused-ring (bicyclic) bond motifs is 2. The predicted molar refractivity (Wildman–Crippen MR) is 114 cm³/mol. The van der Waals surface area contributed by atoms with Gasteiger partial charge in [-0.3, -0.25) is 19.2 Å². The second-order valence-corrected chi connectivity index (χ2v) is 7.63. The molecule has 0 heterocycles. The van der Waals surface area contributed by atoms with E-state index < -0.39 is 11.6 Å². The molecule has 7 nitrogen and oxygen atoms in total. The number of phenols is 2. The predicted octanol–water partition coefficient (Wildman–Crippen LogP) is 3.85. The number of carbonyl (C=O) groups is 4. The van der Waals surface area contributed by atoms with Gasteiger partial charge in [-0.05, 0) is 36.4 Å². The molecule has 2 aromatic rings. The van der Waals surface area contributed by atoms with E-state index in [0.29, 0.717) is 0 Å². The van der Waals surface area contributed by atoms with Crippen LogP contribution in [0.4, 0.5) is 0 Å². The summed E-state index contributed by atoms with van der Waals surface area (Å²) < 4.78 is 0. The van der Waals surface area contributed by atoms with Crippen LogP contribution in [0.5, 0.6) is 11.5 Å². The third-order valence-electron chi connectivity index (χ3n) is 4.60. The lowest BCUT2D eigenvalue weighted by Crippen LogP contribution is -2.26. The molecular formula is C22H15Cl2NO6. The standard InChI is InChI=1S/C12H10ClNO3.C10H5ClO3/c1-14(2)7-5-9(16)11-8(15)4-3-6(13)10(11)12(7)17;11-5-1-2-7(13)10-8(14)4-3-6(12)9(5)10/h3-5,15H,1-2H3;1-4,13H. The second kappa shape index (κ2) is 8.37. The average Bonchev–Trinajstić information content (AvgIpc) is 2.71. The Morgan fingerprint density at radius 1 is 0.677 bits per heavy atom. The number of hydrogen-bond donors (Lipinski definition) is 2. The van der Waals surface area contributed by atoms with Gasteiger partial charge in [-0.1, -0.05) is 23.2 Å². The molecule has 0 saturated heterocycles. The molecule has 9 heteroatoms. The number of hydrogen-bond acceptors (Lipinski definition) is 7. The largest absolute Gasteiger partial charge is 0.507 e. The van der Waals surface area contributed by atoms with Crippen molar-refractivity contribution < 1.29 is 29.4 Å². The van der Waals surface area contributed by atoms with Crippen molar-refractivity contribution in [2.75, 3.05) is 14.1 Å². The smallest absolute Gasteiger partial charge is 0.211 e. The highest BCUT2D eigenvalue weighted by atomic mass is 35.5. The number of likely N-dealkylation sites (N-methyl/N-ethyl adjacent to an activating group) is 1. The molecule has 0 atom stereocenters. The van der Waals surface area contributed by atoms with Crippen molar-refractivity contribution in [3.63, 3.8) is 0 Å². The van der Waals surface area contributed by atoms with Crippen LogP contribution in [0, 0.1) is 0 Å². The molecule has 0 fully saturated rings. The topological polar surface area (TPSA) is 112 Å².